The van der Waals surface area contributed by atoms with Crippen LogP contribution in [0.5, 0.6) is 23.3 Å². The number of nitro benzene ring substituents is 1. The number of sulfonamides is 1. The van der Waals surface area contributed by atoms with Gasteiger partial charge in [0.05, 0.1) is 48.7 Å². The molecule has 0 saturated carbocycles. The number of anilines is 1. The molecule has 4 rings (SSSR count). The number of amides is 2. The van der Waals surface area contributed by atoms with Crippen LogP contribution in [0.15, 0.2) is 66.7 Å². The van der Waals surface area contributed by atoms with Gasteiger partial charge in [-0.2, -0.15) is 9.97 Å². The zero-order valence-electron chi connectivity index (χ0n) is 25.5. The first kappa shape index (κ1) is 37.7. The van der Waals surface area contributed by atoms with Crippen LogP contribution in [0, 0.1) is 10.1 Å². The number of carbonyl (C=O) groups is 3. The second kappa shape index (κ2) is 16.9. The number of carboxylic acid groups (broad SMARTS) is 1. The van der Waals surface area contributed by atoms with Gasteiger partial charge >= 0.3 is 18.0 Å². The molecule has 3 N–H and O–H groups in total. The lowest BCUT2D eigenvalue weighted by molar-refractivity contribution is -0.385. The second-order valence-corrected chi connectivity index (χ2v) is 11.7. The monoisotopic (exact) mass is 737 g/mol. The second-order valence-electron chi connectivity index (χ2n) is 9.16. The van der Waals surface area contributed by atoms with Crippen LogP contribution in [0.4, 0.5) is 16.4 Å². The molecule has 258 valence electrons. The number of aromatic nitrogens is 2. The summed E-state index contributed by atoms with van der Waals surface area (Å²) >= 11 is 11.8. The predicted molar refractivity (Wildman–Crippen MR) is 174 cm³/mol. The number of aromatic carboxylic acids is 1. The Morgan fingerprint density at radius 3 is 2.14 bits per heavy atom. The summed E-state index contributed by atoms with van der Waals surface area (Å²) in [5.74, 6) is -2.37. The Morgan fingerprint density at radius 2 is 1.57 bits per heavy atom. The van der Waals surface area contributed by atoms with E-state index in [1.54, 1.807) is 16.9 Å². The van der Waals surface area contributed by atoms with Crippen molar-refractivity contribution >= 4 is 62.8 Å². The molecule has 0 fully saturated rings. The van der Waals surface area contributed by atoms with E-state index in [0.29, 0.717) is 10.8 Å². The summed E-state index contributed by atoms with van der Waals surface area (Å²) in [4.78, 5) is 52.7. The standard InChI is InChI=1S/C15H16N4O7S.C14H9Cl2NO5/c1-25-11-7-12(26-2)17-14(16-11)18-15(22)19-27(23,24)8-9-5-3-4-6-10(9)13(20)21;1-21-14(18)10-7-9(3-4-12(10)17(19)20)22-13-5-2-8(15)6-11(13)16/h3-7H,8H2,1-2H3,(H,20,21)(H2,16,17,18,19,22);2-7H,1H3. The number of nitro groups is 1. The Morgan fingerprint density at radius 1 is 0.918 bits per heavy atom. The number of nitrogens with zero attached hydrogens (tertiary/aromatic N) is 3. The molecule has 0 spiro atoms. The van der Waals surface area contributed by atoms with Crippen molar-refractivity contribution in [2.24, 2.45) is 0 Å². The molecule has 0 saturated heterocycles. The van der Waals surface area contributed by atoms with Gasteiger partial charge in [-0.15, -0.1) is 0 Å². The molecular formula is C29H25Cl2N5O12S. The normalized spacial score (nSPS) is 10.5. The molecule has 0 atom stereocenters. The maximum Gasteiger partial charge on any atom is 0.345 e. The highest BCUT2D eigenvalue weighted by atomic mass is 35.5. The topological polar surface area (TPSA) is 235 Å². The van der Waals surface area contributed by atoms with Gasteiger partial charge in [0, 0.05) is 17.2 Å². The van der Waals surface area contributed by atoms with Crippen molar-refractivity contribution in [3.05, 3.63) is 104 Å². The van der Waals surface area contributed by atoms with E-state index in [1.807, 2.05) is 0 Å². The van der Waals surface area contributed by atoms with Gasteiger partial charge in [0.15, 0.2) is 0 Å². The minimum absolute atomic E-state index is 0.0320. The van der Waals surface area contributed by atoms with Crippen molar-refractivity contribution in [2.75, 3.05) is 26.6 Å². The summed E-state index contributed by atoms with van der Waals surface area (Å²) in [7, 11) is -0.364. The lowest BCUT2D eigenvalue weighted by Crippen LogP contribution is -2.36. The Hall–Kier alpha value is -5.72. The average Bonchev–Trinajstić information content (AvgIpc) is 3.05. The highest BCUT2D eigenvalue weighted by Gasteiger charge is 2.23. The van der Waals surface area contributed by atoms with Crippen LogP contribution in [0.1, 0.15) is 26.3 Å². The third-order valence-corrected chi connectivity index (χ3v) is 7.57. The zero-order chi connectivity index (χ0) is 36.3. The van der Waals surface area contributed by atoms with Gasteiger partial charge < -0.3 is 24.1 Å². The van der Waals surface area contributed by atoms with Gasteiger partial charge in [0.2, 0.25) is 27.7 Å². The van der Waals surface area contributed by atoms with E-state index in [0.717, 1.165) is 13.2 Å². The largest absolute Gasteiger partial charge is 0.481 e. The average molecular weight is 739 g/mol. The Bertz CT molecular complexity index is 1970. The summed E-state index contributed by atoms with van der Waals surface area (Å²) in [6, 6.07) is 14.2. The molecule has 0 bridgehead atoms. The number of rotatable bonds is 11. The number of urea groups is 1. The van der Waals surface area contributed by atoms with Crippen molar-refractivity contribution in [3.63, 3.8) is 0 Å². The molecule has 20 heteroatoms. The number of esters is 1. The number of halogens is 2. The molecule has 1 aromatic heterocycles. The van der Waals surface area contributed by atoms with Gasteiger partial charge in [-0.05, 0) is 35.9 Å². The smallest absolute Gasteiger partial charge is 0.345 e. The van der Waals surface area contributed by atoms with Gasteiger partial charge in [-0.3, -0.25) is 15.4 Å². The van der Waals surface area contributed by atoms with Crippen LogP contribution in [0.2, 0.25) is 10.0 Å². The van der Waals surface area contributed by atoms with Crippen LogP contribution < -0.4 is 24.2 Å². The number of carboxylic acids is 1. The van der Waals surface area contributed by atoms with Crippen LogP contribution in [0.3, 0.4) is 0 Å². The van der Waals surface area contributed by atoms with Gasteiger partial charge in [-0.1, -0.05) is 41.4 Å². The molecule has 1 heterocycles. The summed E-state index contributed by atoms with van der Waals surface area (Å²) in [6.07, 6.45) is 0. The van der Waals surface area contributed by atoms with Crippen LogP contribution >= 0.6 is 23.2 Å². The first-order valence-corrected chi connectivity index (χ1v) is 15.7. The first-order valence-electron chi connectivity index (χ1n) is 13.3. The number of carbonyl (C=O) groups excluding carboxylic acids is 2. The number of benzene rings is 3. The number of hydrogen-bond acceptors (Lipinski definition) is 13. The van der Waals surface area contributed by atoms with Crippen molar-refractivity contribution in [1.82, 2.24) is 14.7 Å². The maximum absolute atomic E-state index is 12.2. The zero-order valence-corrected chi connectivity index (χ0v) is 27.8. The number of nitrogens with one attached hydrogen (secondary N) is 2. The number of ether oxygens (including phenoxy) is 4. The maximum atomic E-state index is 12.2. The fourth-order valence-electron chi connectivity index (χ4n) is 3.73. The van der Waals surface area contributed by atoms with E-state index >= 15 is 0 Å². The van der Waals surface area contributed by atoms with Crippen molar-refractivity contribution in [3.8, 4) is 23.3 Å². The summed E-state index contributed by atoms with van der Waals surface area (Å²) in [6.45, 7) is 0. The van der Waals surface area contributed by atoms with E-state index in [9.17, 15) is 32.9 Å². The van der Waals surface area contributed by atoms with Crippen LogP contribution in [-0.2, 0) is 20.5 Å². The molecule has 49 heavy (non-hydrogen) atoms. The quantitative estimate of drug-likeness (QED) is 0.100. The van der Waals surface area contributed by atoms with Crippen molar-refractivity contribution in [1.29, 1.82) is 0 Å². The van der Waals surface area contributed by atoms with Crippen molar-refractivity contribution in [2.45, 2.75) is 5.75 Å². The van der Waals surface area contributed by atoms with Gasteiger partial charge in [0.25, 0.3) is 5.69 Å². The lowest BCUT2D eigenvalue weighted by atomic mass is 10.1. The first-order chi connectivity index (χ1) is 23.2. The molecule has 0 aliphatic rings. The van der Waals surface area contributed by atoms with Crippen LogP contribution in [-0.4, -0.2) is 67.7 Å². The Balaban J connectivity index is 0.000000271. The molecule has 2 amide bonds. The van der Waals surface area contributed by atoms with E-state index in [4.69, 9.17) is 42.5 Å². The molecule has 0 aliphatic heterocycles. The molecule has 0 unspecified atom stereocenters. The molecule has 17 nitrogen and oxygen atoms in total. The van der Waals surface area contributed by atoms with E-state index in [2.05, 4.69) is 20.0 Å². The molecule has 0 radical (unpaired) electrons. The third-order valence-electron chi connectivity index (χ3n) is 5.86. The third kappa shape index (κ3) is 10.9. The lowest BCUT2D eigenvalue weighted by Gasteiger charge is -2.10. The van der Waals surface area contributed by atoms with E-state index < -0.39 is 38.7 Å². The fourth-order valence-corrected chi connectivity index (χ4v) is 5.24. The number of hydrogen-bond donors (Lipinski definition) is 3. The summed E-state index contributed by atoms with van der Waals surface area (Å²) in [5, 5.41) is 22.9. The highest BCUT2D eigenvalue weighted by molar-refractivity contribution is 7.89. The molecular weight excluding hydrogens is 713 g/mol. The van der Waals surface area contributed by atoms with Crippen molar-refractivity contribution < 1.29 is 51.8 Å². The summed E-state index contributed by atoms with van der Waals surface area (Å²) < 4.78 is 46.0. The number of methoxy groups -OCH3 is 3. The Labute approximate surface area is 287 Å². The fraction of sp³-hybridized carbons (Fsp3) is 0.138. The highest BCUT2D eigenvalue weighted by Crippen LogP contribution is 2.33. The summed E-state index contributed by atoms with van der Waals surface area (Å²) in [5.41, 5.74) is -0.731. The van der Waals surface area contributed by atoms with E-state index in [-0.39, 0.29) is 50.9 Å². The van der Waals surface area contributed by atoms with Crippen LogP contribution in [0.25, 0.3) is 0 Å². The minimum atomic E-state index is -4.18. The molecule has 4 aromatic rings. The van der Waals surface area contributed by atoms with E-state index in [1.165, 1.54) is 62.8 Å². The predicted octanol–water partition coefficient (Wildman–Crippen LogP) is 5.32. The SMILES string of the molecule is COC(=O)c1cc(Oc2ccc(Cl)cc2Cl)ccc1[N+](=O)[O-].COc1cc(OC)nc(NC(=O)NS(=O)(=O)Cc2ccccc2C(=O)O)n1. The Kier molecular flexibility index (Phi) is 13.0. The van der Waals surface area contributed by atoms with Gasteiger partial charge in [0.1, 0.15) is 17.1 Å². The molecule has 0 aliphatic carbocycles. The molecule has 3 aromatic carbocycles. The van der Waals surface area contributed by atoms with Gasteiger partial charge in [-0.25, -0.2) is 27.5 Å². The minimum Gasteiger partial charge on any atom is -0.481 e.